The minimum absolute atomic E-state index is 0.0428. The number of fused-ring (bicyclic) bond motifs is 4. The molecule has 0 aromatic carbocycles. The maximum absolute atomic E-state index is 12.9. The van der Waals surface area contributed by atoms with Crippen LogP contribution in [-0.4, -0.2) is 24.1 Å². The zero-order valence-electron chi connectivity index (χ0n) is 17.5. The Hall–Kier alpha value is -1.45. The van der Waals surface area contributed by atoms with Crippen LogP contribution < -0.4 is 0 Å². The van der Waals surface area contributed by atoms with Gasteiger partial charge in [-0.1, -0.05) is 41.5 Å². The number of allylic oxidation sites excluding steroid dienone is 1. The van der Waals surface area contributed by atoms with E-state index in [2.05, 4.69) is 34.6 Å². The lowest BCUT2D eigenvalue weighted by atomic mass is 9.70. The van der Waals surface area contributed by atoms with Gasteiger partial charge in [-0.3, -0.25) is 9.59 Å². The summed E-state index contributed by atoms with van der Waals surface area (Å²) in [6, 6.07) is 0. The molecule has 4 rings (SSSR count). The number of carbonyl (C=O) groups is 3. The van der Waals surface area contributed by atoms with Crippen molar-refractivity contribution in [1.82, 2.24) is 0 Å². The van der Waals surface area contributed by atoms with Gasteiger partial charge >= 0.3 is 5.97 Å². The van der Waals surface area contributed by atoms with Crippen LogP contribution in [0, 0.1) is 39.4 Å². The Morgan fingerprint density at radius 1 is 1.00 bits per heavy atom. The summed E-state index contributed by atoms with van der Waals surface area (Å²) in [6.45, 7) is 12.8. The van der Waals surface area contributed by atoms with Crippen molar-refractivity contribution < 1.29 is 19.1 Å². The number of rotatable bonds is 3. The molecule has 4 nitrogen and oxygen atoms in total. The SMILES string of the molecule is CC1(C)[C@@H]2CC[C@]1(C)C(=O)[C@@H]2COC(=O)/C=C1\C(=O)[C@@]2(C)CC[C@@H]1C2(C)C. The van der Waals surface area contributed by atoms with Crippen LogP contribution in [0.4, 0.5) is 0 Å². The molecule has 0 aromatic rings. The van der Waals surface area contributed by atoms with Gasteiger partial charge in [0.1, 0.15) is 12.4 Å². The molecule has 0 unspecified atom stereocenters. The van der Waals surface area contributed by atoms with E-state index in [1.165, 1.54) is 6.08 Å². The van der Waals surface area contributed by atoms with Crippen molar-refractivity contribution in [3.05, 3.63) is 11.6 Å². The molecule has 0 aromatic heterocycles. The number of carbonyl (C=O) groups excluding carboxylic acids is 3. The Morgan fingerprint density at radius 2 is 1.63 bits per heavy atom. The number of hydrogen-bond acceptors (Lipinski definition) is 4. The molecule has 5 atom stereocenters. The van der Waals surface area contributed by atoms with Crippen molar-refractivity contribution in [2.24, 2.45) is 39.4 Å². The summed E-state index contributed by atoms with van der Waals surface area (Å²) in [5, 5.41) is 0. The Bertz CT molecular complexity index is 773. The van der Waals surface area contributed by atoms with E-state index in [0.717, 1.165) is 25.7 Å². The Labute approximate surface area is 162 Å². The van der Waals surface area contributed by atoms with Crippen LogP contribution in [0.2, 0.25) is 0 Å². The second-order valence-electron chi connectivity index (χ2n) is 10.9. The van der Waals surface area contributed by atoms with Crippen LogP contribution in [0.5, 0.6) is 0 Å². The van der Waals surface area contributed by atoms with E-state index in [0.29, 0.717) is 5.57 Å². The van der Waals surface area contributed by atoms with E-state index in [4.69, 9.17) is 4.74 Å². The third-order valence-corrected chi connectivity index (χ3v) is 9.71. The van der Waals surface area contributed by atoms with Crippen LogP contribution >= 0.6 is 0 Å². The molecule has 4 aliphatic carbocycles. The van der Waals surface area contributed by atoms with Crippen molar-refractivity contribution in [1.29, 1.82) is 0 Å². The summed E-state index contributed by atoms with van der Waals surface area (Å²) in [5.74, 6) is 0.0794. The molecular weight excluding hydrogens is 340 g/mol. The molecule has 0 aliphatic heterocycles. The minimum Gasteiger partial charge on any atom is -0.462 e. The van der Waals surface area contributed by atoms with Gasteiger partial charge in [0.05, 0.1) is 5.92 Å². The highest BCUT2D eigenvalue weighted by atomic mass is 16.5. The first-order chi connectivity index (χ1) is 12.4. The molecule has 0 radical (unpaired) electrons. The molecule has 4 aliphatic rings. The van der Waals surface area contributed by atoms with Gasteiger partial charge in [-0.15, -0.1) is 0 Å². The van der Waals surface area contributed by atoms with E-state index in [-0.39, 0.29) is 57.6 Å². The van der Waals surface area contributed by atoms with Gasteiger partial charge in [-0.25, -0.2) is 4.79 Å². The fourth-order valence-electron chi connectivity index (χ4n) is 6.90. The third kappa shape index (κ3) is 2.08. The summed E-state index contributed by atoms with van der Waals surface area (Å²) in [4.78, 5) is 38.2. The summed E-state index contributed by atoms with van der Waals surface area (Å²) < 4.78 is 5.52. The lowest BCUT2D eigenvalue weighted by Gasteiger charge is -2.32. The zero-order chi connectivity index (χ0) is 20.0. The van der Waals surface area contributed by atoms with E-state index in [1.54, 1.807) is 0 Å². The number of Topliss-reactive ketones (excluding diaryl/α,β-unsaturated/α-hetero) is 2. The molecule has 4 fully saturated rings. The number of ether oxygens (including phenoxy) is 1. The molecule has 0 saturated heterocycles. The smallest absolute Gasteiger partial charge is 0.331 e. The fraction of sp³-hybridized carbons (Fsp3) is 0.783. The van der Waals surface area contributed by atoms with Crippen molar-refractivity contribution in [2.75, 3.05) is 6.61 Å². The monoisotopic (exact) mass is 372 g/mol. The third-order valence-electron chi connectivity index (χ3n) is 9.71. The van der Waals surface area contributed by atoms with Gasteiger partial charge in [0, 0.05) is 22.5 Å². The summed E-state index contributed by atoms with van der Waals surface area (Å²) in [7, 11) is 0. The molecule has 0 spiro atoms. The predicted octanol–water partition coefficient (Wildman–Crippen LogP) is 4.12. The molecular formula is C23H32O4. The Balaban J connectivity index is 1.47. The average molecular weight is 373 g/mol. The zero-order valence-corrected chi connectivity index (χ0v) is 17.5. The van der Waals surface area contributed by atoms with Gasteiger partial charge in [0.2, 0.25) is 0 Å². The van der Waals surface area contributed by atoms with Gasteiger partial charge < -0.3 is 4.74 Å². The first kappa shape index (κ1) is 18.9. The normalized spacial score (nSPS) is 45.1. The summed E-state index contributed by atoms with van der Waals surface area (Å²) >= 11 is 0. The predicted molar refractivity (Wildman–Crippen MR) is 102 cm³/mol. The van der Waals surface area contributed by atoms with Gasteiger partial charge in [0.15, 0.2) is 5.78 Å². The second kappa shape index (κ2) is 5.33. The molecule has 0 amide bonds. The molecule has 27 heavy (non-hydrogen) atoms. The van der Waals surface area contributed by atoms with Crippen molar-refractivity contribution >= 4 is 17.5 Å². The molecule has 0 heterocycles. The second-order valence-corrected chi connectivity index (χ2v) is 10.9. The topological polar surface area (TPSA) is 60.4 Å². The Kier molecular flexibility index (Phi) is 3.73. The Morgan fingerprint density at radius 3 is 2.15 bits per heavy atom. The lowest BCUT2D eigenvalue weighted by Crippen LogP contribution is -2.34. The number of ketones is 2. The minimum atomic E-state index is -0.469. The molecule has 4 saturated carbocycles. The lowest BCUT2D eigenvalue weighted by molar-refractivity contribution is -0.143. The highest BCUT2D eigenvalue weighted by molar-refractivity contribution is 6.08. The van der Waals surface area contributed by atoms with Gasteiger partial charge in [-0.2, -0.15) is 0 Å². The maximum atomic E-state index is 12.9. The quantitative estimate of drug-likeness (QED) is 0.552. The van der Waals surface area contributed by atoms with Crippen LogP contribution in [0.3, 0.4) is 0 Å². The average Bonchev–Trinajstić information content (AvgIpc) is 3.06. The molecule has 148 valence electrons. The van der Waals surface area contributed by atoms with Crippen molar-refractivity contribution in [3.8, 4) is 0 Å². The van der Waals surface area contributed by atoms with Gasteiger partial charge in [-0.05, 0) is 48.3 Å². The number of esters is 1. The highest BCUT2D eigenvalue weighted by Crippen LogP contribution is 2.66. The van der Waals surface area contributed by atoms with E-state index < -0.39 is 5.97 Å². The van der Waals surface area contributed by atoms with Crippen LogP contribution in [-0.2, 0) is 19.1 Å². The van der Waals surface area contributed by atoms with Gasteiger partial charge in [0.25, 0.3) is 0 Å². The molecule has 0 N–H and O–H groups in total. The molecule has 4 heteroatoms. The molecule has 4 bridgehead atoms. The largest absolute Gasteiger partial charge is 0.462 e. The van der Waals surface area contributed by atoms with Crippen LogP contribution in [0.15, 0.2) is 11.6 Å². The summed E-state index contributed by atoms with van der Waals surface area (Å²) in [6.07, 6.45) is 5.21. The summed E-state index contributed by atoms with van der Waals surface area (Å²) in [5.41, 5.74) is -0.200. The fourth-order valence-corrected chi connectivity index (χ4v) is 6.90. The standard InChI is InChI=1S/C23H32O4/c1-20(2)15-7-9-22(20,5)18(25)13(15)11-17(24)27-12-14-16-8-10-23(6,19(14)26)21(16,3)4/h11,14-16H,7-10,12H2,1-6H3/b13-11-/t14-,15+,16-,22-,23-/m1/s1. The van der Waals surface area contributed by atoms with Crippen LogP contribution in [0.1, 0.15) is 67.2 Å². The van der Waals surface area contributed by atoms with Crippen molar-refractivity contribution in [2.45, 2.75) is 67.2 Å². The van der Waals surface area contributed by atoms with E-state index in [9.17, 15) is 14.4 Å². The van der Waals surface area contributed by atoms with E-state index in [1.807, 2.05) is 6.92 Å². The first-order valence-corrected chi connectivity index (χ1v) is 10.4. The maximum Gasteiger partial charge on any atom is 0.331 e. The van der Waals surface area contributed by atoms with E-state index >= 15 is 0 Å². The van der Waals surface area contributed by atoms with Crippen LogP contribution in [0.25, 0.3) is 0 Å². The first-order valence-electron chi connectivity index (χ1n) is 10.4. The highest BCUT2D eigenvalue weighted by Gasteiger charge is 2.66. The number of hydrogen-bond donors (Lipinski definition) is 0. The van der Waals surface area contributed by atoms with Crippen molar-refractivity contribution in [3.63, 3.8) is 0 Å².